The number of β-amino-alcohol motifs (C(OH)–C–C–N with tert-alkyl or cyclic N) is 1. The van der Waals surface area contributed by atoms with Crippen LogP contribution in [-0.2, 0) is 0 Å². The maximum atomic E-state index is 15.0. The topological polar surface area (TPSA) is 141 Å². The Morgan fingerprint density at radius 3 is 2.45 bits per heavy atom. The van der Waals surface area contributed by atoms with Crippen molar-refractivity contribution in [3.05, 3.63) is 47.0 Å². The highest BCUT2D eigenvalue weighted by Crippen LogP contribution is 2.38. The van der Waals surface area contributed by atoms with E-state index in [2.05, 4.69) is 10.4 Å². The van der Waals surface area contributed by atoms with Gasteiger partial charge in [-0.25, -0.2) is 14.3 Å². The van der Waals surface area contributed by atoms with Crippen LogP contribution in [0.3, 0.4) is 0 Å². The fourth-order valence-electron chi connectivity index (χ4n) is 3.14. The highest BCUT2D eigenvalue weighted by Gasteiger charge is 2.47. The van der Waals surface area contributed by atoms with Crippen LogP contribution < -0.4 is 16.8 Å². The van der Waals surface area contributed by atoms with E-state index in [0.29, 0.717) is 5.56 Å². The maximum Gasteiger partial charge on any atom is 0.256 e. The van der Waals surface area contributed by atoms with Crippen molar-refractivity contribution >= 4 is 28.7 Å². The Hall–Kier alpha value is -3.11. The van der Waals surface area contributed by atoms with Crippen LogP contribution in [-0.4, -0.2) is 40.6 Å². The first-order valence-electron chi connectivity index (χ1n) is 9.87. The van der Waals surface area contributed by atoms with Gasteiger partial charge in [-0.05, 0) is 37.6 Å². The van der Waals surface area contributed by atoms with Gasteiger partial charge in [-0.2, -0.15) is 5.11 Å². The summed E-state index contributed by atoms with van der Waals surface area (Å²) in [6.45, 7) is 7.26. The van der Waals surface area contributed by atoms with E-state index in [1.807, 2.05) is 13.8 Å². The number of amides is 1. The number of carbonyl (C=O) groups is 1. The molecule has 1 atom stereocenters. The van der Waals surface area contributed by atoms with Crippen molar-refractivity contribution in [2.24, 2.45) is 10.8 Å². The van der Waals surface area contributed by atoms with Gasteiger partial charge in [-0.15, -0.1) is 0 Å². The molecule has 7 N–H and O–H groups in total. The van der Waals surface area contributed by atoms with Gasteiger partial charge in [0.05, 0.1) is 35.7 Å². The van der Waals surface area contributed by atoms with Crippen molar-refractivity contribution in [2.75, 3.05) is 24.1 Å². The molecule has 1 saturated heterocycles. The average Bonchev–Trinajstić information content (AvgIpc) is 2.70. The van der Waals surface area contributed by atoms with Gasteiger partial charge in [0.15, 0.2) is 5.82 Å². The van der Waals surface area contributed by atoms with Crippen molar-refractivity contribution in [2.45, 2.75) is 39.3 Å². The molecule has 0 bridgehead atoms. The summed E-state index contributed by atoms with van der Waals surface area (Å²) >= 11 is 0. The second-order valence-electron chi connectivity index (χ2n) is 7.32. The molecule has 1 aliphatic heterocycles. The van der Waals surface area contributed by atoms with Gasteiger partial charge in [0.1, 0.15) is 17.1 Å². The van der Waals surface area contributed by atoms with Crippen molar-refractivity contribution in [1.29, 1.82) is 5.53 Å². The fourth-order valence-corrected chi connectivity index (χ4v) is 3.14. The molecule has 1 heterocycles. The number of halogens is 2. The van der Waals surface area contributed by atoms with Crippen molar-refractivity contribution in [3.63, 3.8) is 0 Å². The second kappa shape index (κ2) is 9.36. The largest absolute Gasteiger partial charge is 0.397 e. The Bertz CT molecular complexity index is 990. The van der Waals surface area contributed by atoms with Crippen LogP contribution in [0.2, 0.25) is 0 Å². The van der Waals surface area contributed by atoms with E-state index in [-0.39, 0.29) is 35.7 Å². The molecule has 0 saturated carbocycles. The summed E-state index contributed by atoms with van der Waals surface area (Å²) in [6.07, 6.45) is 0. The van der Waals surface area contributed by atoms with Crippen LogP contribution in [0.1, 0.15) is 36.7 Å². The summed E-state index contributed by atoms with van der Waals surface area (Å²) in [4.78, 5) is 14.2. The Balaban J connectivity index is 0.00000166. The second-order valence-corrected chi connectivity index (χ2v) is 7.32. The molecule has 3 rings (SSSR count). The lowest BCUT2D eigenvalue weighted by Gasteiger charge is -2.48. The third kappa shape index (κ3) is 4.64. The van der Waals surface area contributed by atoms with Gasteiger partial charge in [-0.1, -0.05) is 19.9 Å². The van der Waals surface area contributed by atoms with E-state index < -0.39 is 34.9 Å². The van der Waals surface area contributed by atoms with Gasteiger partial charge in [0, 0.05) is 6.04 Å². The molecule has 1 amide bonds. The van der Waals surface area contributed by atoms with E-state index >= 15 is 0 Å². The van der Waals surface area contributed by atoms with E-state index in [1.165, 1.54) is 23.1 Å². The van der Waals surface area contributed by atoms with Crippen LogP contribution in [0.4, 0.5) is 31.5 Å². The summed E-state index contributed by atoms with van der Waals surface area (Å²) in [6, 6.07) is 4.90. The van der Waals surface area contributed by atoms with E-state index in [1.54, 1.807) is 19.9 Å². The molecule has 0 aliphatic carbocycles. The van der Waals surface area contributed by atoms with Crippen molar-refractivity contribution in [1.82, 2.24) is 4.90 Å². The summed E-state index contributed by atoms with van der Waals surface area (Å²) in [5.41, 5.74) is 16.8. The average molecular weight is 434 g/mol. The van der Waals surface area contributed by atoms with Gasteiger partial charge in [-0.3, -0.25) is 4.79 Å². The first-order valence-corrected chi connectivity index (χ1v) is 9.87. The number of aryl methyl sites for hydroxylation is 1. The van der Waals surface area contributed by atoms with E-state index in [4.69, 9.17) is 17.0 Å². The smallest absolute Gasteiger partial charge is 0.256 e. The zero-order valence-corrected chi connectivity index (χ0v) is 18.0. The molecule has 8 nitrogen and oxygen atoms in total. The van der Waals surface area contributed by atoms with Crippen LogP contribution >= 0.6 is 0 Å². The molecule has 0 spiro atoms. The number of anilines is 3. The lowest BCUT2D eigenvalue weighted by atomic mass is 9.86. The van der Waals surface area contributed by atoms with E-state index in [0.717, 1.165) is 0 Å². The SMILES string of the molecule is CC.Cc1ccc(Nc2c(C(=O)N3CC(O)(C(C)N)C3)cc(N)c(N=N)c2F)c(F)c1. The number of nitrogens with zero attached hydrogens (tertiary/aromatic N) is 2. The molecule has 0 aromatic heterocycles. The number of nitrogens with two attached hydrogens (primary N) is 2. The zero-order valence-electron chi connectivity index (χ0n) is 18.0. The number of hydrogen-bond donors (Lipinski definition) is 5. The first-order chi connectivity index (χ1) is 14.6. The predicted molar refractivity (Wildman–Crippen MR) is 116 cm³/mol. The molecule has 1 fully saturated rings. The number of likely N-dealkylation sites (tertiary alicyclic amines) is 1. The molecule has 1 aliphatic rings. The number of rotatable bonds is 5. The molecule has 168 valence electrons. The molecule has 10 heteroatoms. The Morgan fingerprint density at radius 2 is 1.94 bits per heavy atom. The Morgan fingerprint density at radius 1 is 1.32 bits per heavy atom. The summed E-state index contributed by atoms with van der Waals surface area (Å²) in [7, 11) is 0. The summed E-state index contributed by atoms with van der Waals surface area (Å²) < 4.78 is 29.3. The van der Waals surface area contributed by atoms with Crippen LogP contribution in [0, 0.1) is 24.1 Å². The predicted octanol–water partition coefficient (Wildman–Crippen LogP) is 3.82. The lowest BCUT2D eigenvalue weighted by molar-refractivity contribution is -0.0931. The van der Waals surface area contributed by atoms with Gasteiger partial charge >= 0.3 is 0 Å². The summed E-state index contributed by atoms with van der Waals surface area (Å²) in [5.74, 6) is -2.31. The quantitative estimate of drug-likeness (QED) is 0.359. The Labute approximate surface area is 179 Å². The molecular weight excluding hydrogens is 406 g/mol. The molecule has 2 aromatic rings. The minimum Gasteiger partial charge on any atom is -0.397 e. The first kappa shape index (κ1) is 24.2. The van der Waals surface area contributed by atoms with Crippen molar-refractivity contribution in [3.8, 4) is 0 Å². The third-order valence-electron chi connectivity index (χ3n) is 5.06. The summed E-state index contributed by atoms with van der Waals surface area (Å²) in [5, 5.41) is 15.9. The van der Waals surface area contributed by atoms with Crippen LogP contribution in [0.5, 0.6) is 0 Å². The Kier molecular flexibility index (Phi) is 7.29. The number of carbonyl (C=O) groups excluding carboxylic acids is 1. The normalized spacial score (nSPS) is 15.3. The molecule has 1 unspecified atom stereocenters. The number of hydrogen-bond acceptors (Lipinski definition) is 7. The van der Waals surface area contributed by atoms with Crippen LogP contribution in [0.25, 0.3) is 0 Å². The van der Waals surface area contributed by atoms with Crippen LogP contribution in [0.15, 0.2) is 29.4 Å². The highest BCUT2D eigenvalue weighted by atomic mass is 19.1. The van der Waals surface area contributed by atoms with Gasteiger partial charge in [0.25, 0.3) is 5.91 Å². The minimum atomic E-state index is -1.23. The minimum absolute atomic E-state index is 0.0338. The number of nitrogen functional groups attached to an aromatic ring is 1. The van der Waals surface area contributed by atoms with E-state index in [9.17, 15) is 18.7 Å². The fraction of sp³-hybridized carbons (Fsp3) is 0.381. The standard InChI is InChI=1S/C19H22F2N6O2.C2H6/c1-9-3-4-14(12(20)5-9)25-16-11(6-13(23)17(26-24)15(16)21)18(28)27-7-19(29,8-27)10(2)22;1-2/h3-6,10,24-25,29H,7-8,22-23H2,1-2H3;1-2H3. The monoisotopic (exact) mass is 434 g/mol. The highest BCUT2D eigenvalue weighted by molar-refractivity contribution is 6.03. The zero-order chi connectivity index (χ0) is 23.5. The number of aliphatic hydroxyl groups is 1. The van der Waals surface area contributed by atoms with Crippen molar-refractivity contribution < 1.29 is 18.7 Å². The molecule has 31 heavy (non-hydrogen) atoms. The maximum absolute atomic E-state index is 15.0. The number of nitrogens with one attached hydrogen (secondary N) is 2. The third-order valence-corrected chi connectivity index (χ3v) is 5.06. The molecule has 2 aromatic carbocycles. The van der Waals surface area contributed by atoms with Gasteiger partial charge in [0.2, 0.25) is 0 Å². The molecule has 0 radical (unpaired) electrons. The van der Waals surface area contributed by atoms with Gasteiger partial charge < -0.3 is 26.8 Å². The lowest BCUT2D eigenvalue weighted by Crippen LogP contribution is -2.70. The molecular formula is C21H28F2N6O2. The number of benzene rings is 2.